The summed E-state index contributed by atoms with van der Waals surface area (Å²) in [4.78, 5) is 0. The van der Waals surface area contributed by atoms with Crippen molar-refractivity contribution >= 4 is 21.8 Å². The smallest absolute Gasteiger partial charge is 0.247 e. The van der Waals surface area contributed by atoms with Gasteiger partial charge < -0.3 is 18.5 Å². The van der Waals surface area contributed by atoms with Gasteiger partial charge in [0.25, 0.3) is 0 Å². The highest BCUT2D eigenvalue weighted by Crippen LogP contribution is 2.36. The Hall–Kier alpha value is -3.80. The lowest BCUT2D eigenvalue weighted by atomic mass is 10.1. The SMILES string of the molecule is COc1ccc2c3ccc(OC)cc3n(-c3ccc(-c4nnc(C)o4)cc3)c2c1. The fourth-order valence-corrected chi connectivity index (χ4v) is 3.68. The predicted molar refractivity (Wildman–Crippen MR) is 112 cm³/mol. The summed E-state index contributed by atoms with van der Waals surface area (Å²) in [5.41, 5.74) is 4.03. The largest absolute Gasteiger partial charge is 0.497 e. The first kappa shape index (κ1) is 17.3. The number of aromatic nitrogens is 3. The standard InChI is InChI=1S/C23H19N3O3/c1-14-24-25-23(29-14)15-4-6-16(7-5-15)26-21-12-17(27-2)8-10-19(21)20-11-9-18(28-3)13-22(20)26/h4-13H,1-3H3. The number of methoxy groups -OCH3 is 2. The van der Waals surface area contributed by atoms with E-state index in [-0.39, 0.29) is 0 Å². The van der Waals surface area contributed by atoms with E-state index in [1.54, 1.807) is 21.1 Å². The minimum atomic E-state index is 0.514. The Morgan fingerprint density at radius 1 is 0.759 bits per heavy atom. The molecule has 144 valence electrons. The lowest BCUT2D eigenvalue weighted by Gasteiger charge is -2.09. The first-order valence-electron chi connectivity index (χ1n) is 9.25. The van der Waals surface area contributed by atoms with E-state index in [9.17, 15) is 0 Å². The van der Waals surface area contributed by atoms with E-state index in [0.29, 0.717) is 11.8 Å². The summed E-state index contributed by atoms with van der Waals surface area (Å²) in [6, 6.07) is 20.3. The molecule has 0 N–H and O–H groups in total. The Bertz CT molecular complexity index is 1270. The normalized spacial score (nSPS) is 11.3. The highest BCUT2D eigenvalue weighted by Gasteiger charge is 2.15. The minimum Gasteiger partial charge on any atom is -0.497 e. The molecule has 0 aliphatic carbocycles. The van der Waals surface area contributed by atoms with Crippen molar-refractivity contribution in [2.75, 3.05) is 14.2 Å². The van der Waals surface area contributed by atoms with Gasteiger partial charge in [0, 0.05) is 41.1 Å². The van der Waals surface area contributed by atoms with Crippen molar-refractivity contribution in [3.8, 4) is 28.6 Å². The van der Waals surface area contributed by atoms with Crippen molar-refractivity contribution in [2.24, 2.45) is 0 Å². The van der Waals surface area contributed by atoms with Crippen molar-refractivity contribution in [2.45, 2.75) is 6.92 Å². The monoisotopic (exact) mass is 385 g/mol. The van der Waals surface area contributed by atoms with E-state index < -0.39 is 0 Å². The molecule has 0 radical (unpaired) electrons. The Balaban J connectivity index is 1.75. The minimum absolute atomic E-state index is 0.514. The van der Waals surface area contributed by atoms with Gasteiger partial charge in [-0.25, -0.2) is 0 Å². The quantitative estimate of drug-likeness (QED) is 0.428. The van der Waals surface area contributed by atoms with Crippen molar-refractivity contribution in [3.63, 3.8) is 0 Å². The molecule has 0 spiro atoms. The van der Waals surface area contributed by atoms with Gasteiger partial charge in [-0.3, -0.25) is 0 Å². The number of rotatable bonds is 4. The first-order valence-corrected chi connectivity index (χ1v) is 9.25. The molecule has 0 bridgehead atoms. The molecule has 6 heteroatoms. The molecule has 5 rings (SSSR count). The topological polar surface area (TPSA) is 62.3 Å². The molecule has 2 aromatic heterocycles. The predicted octanol–water partition coefficient (Wildman–Crippen LogP) is 5.16. The van der Waals surface area contributed by atoms with Crippen molar-refractivity contribution in [1.82, 2.24) is 14.8 Å². The molecule has 0 saturated carbocycles. The number of hydrogen-bond donors (Lipinski definition) is 0. The third-order valence-corrected chi connectivity index (χ3v) is 5.08. The van der Waals surface area contributed by atoms with E-state index >= 15 is 0 Å². The summed E-state index contributed by atoms with van der Waals surface area (Å²) in [6.07, 6.45) is 0. The van der Waals surface area contributed by atoms with Gasteiger partial charge in [-0.05, 0) is 48.5 Å². The molecule has 0 atom stereocenters. The van der Waals surface area contributed by atoms with E-state index in [2.05, 4.69) is 39.0 Å². The van der Waals surface area contributed by atoms with Crippen LogP contribution in [0.4, 0.5) is 0 Å². The van der Waals surface area contributed by atoms with E-state index in [0.717, 1.165) is 44.6 Å². The average molecular weight is 385 g/mol. The summed E-state index contributed by atoms with van der Waals surface area (Å²) >= 11 is 0. The van der Waals surface area contributed by atoms with Crippen LogP contribution >= 0.6 is 0 Å². The maximum atomic E-state index is 5.54. The molecule has 3 aromatic carbocycles. The fraction of sp³-hybridized carbons (Fsp3) is 0.130. The van der Waals surface area contributed by atoms with Crippen molar-refractivity contribution < 1.29 is 13.9 Å². The van der Waals surface area contributed by atoms with E-state index in [4.69, 9.17) is 13.9 Å². The van der Waals surface area contributed by atoms with Crippen LogP contribution in [-0.2, 0) is 0 Å². The lowest BCUT2D eigenvalue weighted by Crippen LogP contribution is -1.95. The second kappa shape index (κ2) is 6.67. The summed E-state index contributed by atoms with van der Waals surface area (Å²) in [6.45, 7) is 1.78. The van der Waals surface area contributed by atoms with Gasteiger partial charge in [0.1, 0.15) is 11.5 Å². The first-order chi connectivity index (χ1) is 14.2. The van der Waals surface area contributed by atoms with Crippen molar-refractivity contribution in [1.29, 1.82) is 0 Å². The molecule has 0 unspecified atom stereocenters. The number of nitrogens with zero attached hydrogens (tertiary/aromatic N) is 3. The Morgan fingerprint density at radius 3 is 1.83 bits per heavy atom. The van der Waals surface area contributed by atoms with Gasteiger partial charge >= 0.3 is 0 Å². The zero-order valence-corrected chi connectivity index (χ0v) is 16.3. The fourth-order valence-electron chi connectivity index (χ4n) is 3.68. The molecular weight excluding hydrogens is 366 g/mol. The third-order valence-electron chi connectivity index (χ3n) is 5.08. The lowest BCUT2D eigenvalue weighted by molar-refractivity contribution is 0.415. The molecule has 0 fully saturated rings. The van der Waals surface area contributed by atoms with E-state index in [1.165, 1.54) is 0 Å². The maximum absolute atomic E-state index is 5.54. The molecule has 0 aliphatic heterocycles. The highest BCUT2D eigenvalue weighted by molar-refractivity contribution is 6.10. The van der Waals surface area contributed by atoms with Gasteiger partial charge in [0.05, 0.1) is 25.3 Å². The molecule has 0 saturated heterocycles. The maximum Gasteiger partial charge on any atom is 0.247 e. The number of ether oxygens (including phenoxy) is 2. The van der Waals surface area contributed by atoms with Crippen LogP contribution in [0.25, 0.3) is 38.9 Å². The second-order valence-electron chi connectivity index (χ2n) is 6.77. The third kappa shape index (κ3) is 2.81. The average Bonchev–Trinajstić information content (AvgIpc) is 3.34. The Labute approximate surface area is 167 Å². The number of hydrogen-bond acceptors (Lipinski definition) is 5. The summed E-state index contributed by atoms with van der Waals surface area (Å²) < 4.78 is 18.7. The zero-order chi connectivity index (χ0) is 20.0. The second-order valence-corrected chi connectivity index (χ2v) is 6.77. The van der Waals surface area contributed by atoms with E-state index in [1.807, 2.05) is 36.4 Å². The number of benzene rings is 3. The van der Waals surface area contributed by atoms with Crippen LogP contribution < -0.4 is 9.47 Å². The molecule has 2 heterocycles. The van der Waals surface area contributed by atoms with Crippen LogP contribution in [0.5, 0.6) is 11.5 Å². The van der Waals surface area contributed by atoms with Crippen molar-refractivity contribution in [3.05, 3.63) is 66.6 Å². The van der Waals surface area contributed by atoms with Crippen LogP contribution in [0.2, 0.25) is 0 Å². The van der Waals surface area contributed by atoms with Gasteiger partial charge in [0.15, 0.2) is 0 Å². The van der Waals surface area contributed by atoms with Crippen LogP contribution in [0.3, 0.4) is 0 Å². The summed E-state index contributed by atoms with van der Waals surface area (Å²) in [5.74, 6) is 2.68. The van der Waals surface area contributed by atoms with Gasteiger partial charge in [-0.15, -0.1) is 10.2 Å². The molecular formula is C23H19N3O3. The summed E-state index contributed by atoms with van der Waals surface area (Å²) in [5, 5.41) is 10.3. The van der Waals surface area contributed by atoms with Crippen LogP contribution in [0, 0.1) is 6.92 Å². The Kier molecular flexibility index (Phi) is 3.98. The molecule has 0 amide bonds. The molecule has 0 aliphatic rings. The molecule has 6 nitrogen and oxygen atoms in total. The zero-order valence-electron chi connectivity index (χ0n) is 16.3. The van der Waals surface area contributed by atoms with Gasteiger partial charge in [0.2, 0.25) is 11.8 Å². The highest BCUT2D eigenvalue weighted by atomic mass is 16.5. The molecule has 5 aromatic rings. The molecule has 29 heavy (non-hydrogen) atoms. The van der Waals surface area contributed by atoms with Crippen LogP contribution in [-0.4, -0.2) is 29.0 Å². The van der Waals surface area contributed by atoms with Gasteiger partial charge in [-0.2, -0.15) is 0 Å². The summed E-state index contributed by atoms with van der Waals surface area (Å²) in [7, 11) is 3.36. The number of aryl methyl sites for hydroxylation is 1. The Morgan fingerprint density at radius 2 is 1.34 bits per heavy atom. The van der Waals surface area contributed by atoms with Crippen LogP contribution in [0.15, 0.2) is 65.1 Å². The number of fused-ring (bicyclic) bond motifs is 3. The van der Waals surface area contributed by atoms with Crippen LogP contribution in [0.1, 0.15) is 5.89 Å². The van der Waals surface area contributed by atoms with Gasteiger partial charge in [-0.1, -0.05) is 0 Å².